The van der Waals surface area contributed by atoms with E-state index in [1.165, 1.54) is 0 Å². The second-order valence-electron chi connectivity index (χ2n) is 5.70. The van der Waals surface area contributed by atoms with Gasteiger partial charge in [0.05, 0.1) is 12.6 Å². The van der Waals surface area contributed by atoms with Crippen LogP contribution in [0.1, 0.15) is 18.4 Å². The first-order chi connectivity index (χ1) is 9.44. The normalized spacial score (nSPS) is 21.6. The molecule has 1 aromatic rings. The lowest BCUT2D eigenvalue weighted by Gasteiger charge is -2.34. The SMILES string of the molecule is Cc1cc(NC(=O)CN(C)CC2CC(O)C2)ccc1Br. The van der Waals surface area contributed by atoms with Gasteiger partial charge in [-0.2, -0.15) is 0 Å². The van der Waals surface area contributed by atoms with Gasteiger partial charge in [-0.3, -0.25) is 9.69 Å². The zero-order valence-corrected chi connectivity index (χ0v) is 13.5. The lowest BCUT2D eigenvalue weighted by atomic mass is 9.82. The van der Waals surface area contributed by atoms with E-state index in [1.807, 2.05) is 37.1 Å². The van der Waals surface area contributed by atoms with E-state index in [0.717, 1.165) is 35.1 Å². The van der Waals surface area contributed by atoms with Gasteiger partial charge >= 0.3 is 0 Å². The maximum atomic E-state index is 12.0. The van der Waals surface area contributed by atoms with E-state index in [4.69, 9.17) is 0 Å². The van der Waals surface area contributed by atoms with Crippen molar-refractivity contribution in [1.29, 1.82) is 0 Å². The number of aliphatic hydroxyl groups excluding tert-OH is 1. The first-order valence-corrected chi connectivity index (χ1v) is 7.66. The number of carbonyl (C=O) groups is 1. The van der Waals surface area contributed by atoms with Gasteiger partial charge in [-0.25, -0.2) is 0 Å². The molecule has 0 atom stereocenters. The van der Waals surface area contributed by atoms with Gasteiger partial charge in [0.25, 0.3) is 0 Å². The lowest BCUT2D eigenvalue weighted by molar-refractivity contribution is -0.117. The molecule has 20 heavy (non-hydrogen) atoms. The number of hydrogen-bond acceptors (Lipinski definition) is 3. The molecule has 1 saturated carbocycles. The topological polar surface area (TPSA) is 52.6 Å². The smallest absolute Gasteiger partial charge is 0.238 e. The summed E-state index contributed by atoms with van der Waals surface area (Å²) in [4.78, 5) is 14.0. The number of likely N-dealkylation sites (N-methyl/N-ethyl adjacent to an activating group) is 1. The molecule has 1 aliphatic rings. The molecule has 1 amide bonds. The number of carbonyl (C=O) groups excluding carboxylic acids is 1. The zero-order chi connectivity index (χ0) is 14.7. The molecule has 1 fully saturated rings. The van der Waals surface area contributed by atoms with Crippen molar-refractivity contribution in [3.63, 3.8) is 0 Å². The van der Waals surface area contributed by atoms with Gasteiger partial charge in [-0.1, -0.05) is 15.9 Å². The predicted molar refractivity (Wildman–Crippen MR) is 83.7 cm³/mol. The van der Waals surface area contributed by atoms with Crippen molar-refractivity contribution >= 4 is 27.5 Å². The van der Waals surface area contributed by atoms with Gasteiger partial charge in [0, 0.05) is 16.7 Å². The molecule has 2 rings (SSSR count). The minimum atomic E-state index is -0.132. The van der Waals surface area contributed by atoms with E-state index in [9.17, 15) is 9.90 Å². The number of rotatable bonds is 5. The summed E-state index contributed by atoms with van der Waals surface area (Å²) in [6.45, 7) is 3.24. The van der Waals surface area contributed by atoms with Crippen LogP contribution in [0.5, 0.6) is 0 Å². The van der Waals surface area contributed by atoms with Crippen molar-refractivity contribution in [2.45, 2.75) is 25.9 Å². The quantitative estimate of drug-likeness (QED) is 0.865. The highest BCUT2D eigenvalue weighted by Crippen LogP contribution is 2.27. The molecule has 0 heterocycles. The number of amides is 1. The number of halogens is 1. The van der Waals surface area contributed by atoms with E-state index < -0.39 is 0 Å². The Morgan fingerprint density at radius 3 is 2.80 bits per heavy atom. The number of aliphatic hydroxyl groups is 1. The van der Waals surface area contributed by atoms with Gasteiger partial charge in [0.15, 0.2) is 0 Å². The molecule has 0 radical (unpaired) electrons. The number of hydrogen-bond donors (Lipinski definition) is 2. The van der Waals surface area contributed by atoms with Crippen LogP contribution < -0.4 is 5.32 Å². The Kier molecular flexibility index (Phi) is 5.18. The van der Waals surface area contributed by atoms with E-state index in [0.29, 0.717) is 12.5 Å². The molecule has 0 saturated heterocycles. The van der Waals surface area contributed by atoms with Gasteiger partial charge in [-0.15, -0.1) is 0 Å². The van der Waals surface area contributed by atoms with E-state index >= 15 is 0 Å². The Morgan fingerprint density at radius 1 is 1.50 bits per heavy atom. The molecule has 1 aliphatic carbocycles. The third kappa shape index (κ3) is 4.30. The average molecular weight is 341 g/mol. The summed E-state index contributed by atoms with van der Waals surface area (Å²) in [6, 6.07) is 5.77. The van der Waals surface area contributed by atoms with Crippen molar-refractivity contribution in [1.82, 2.24) is 4.90 Å². The largest absolute Gasteiger partial charge is 0.393 e. The molecule has 0 aliphatic heterocycles. The van der Waals surface area contributed by atoms with E-state index in [2.05, 4.69) is 21.2 Å². The molecule has 0 bridgehead atoms. The summed E-state index contributed by atoms with van der Waals surface area (Å²) < 4.78 is 1.04. The van der Waals surface area contributed by atoms with Crippen LogP contribution in [0.25, 0.3) is 0 Å². The Morgan fingerprint density at radius 2 is 2.20 bits per heavy atom. The van der Waals surface area contributed by atoms with Crippen LogP contribution in [0.4, 0.5) is 5.69 Å². The number of nitrogens with zero attached hydrogens (tertiary/aromatic N) is 1. The average Bonchev–Trinajstić information content (AvgIpc) is 2.31. The lowest BCUT2D eigenvalue weighted by Crippen LogP contribution is -2.39. The minimum Gasteiger partial charge on any atom is -0.393 e. The maximum absolute atomic E-state index is 12.0. The molecule has 0 unspecified atom stereocenters. The highest BCUT2D eigenvalue weighted by molar-refractivity contribution is 9.10. The molecule has 110 valence electrons. The second kappa shape index (κ2) is 6.70. The van der Waals surface area contributed by atoms with Crippen molar-refractivity contribution in [3.8, 4) is 0 Å². The van der Waals surface area contributed by atoms with Crippen molar-refractivity contribution in [2.75, 3.05) is 25.5 Å². The van der Waals surface area contributed by atoms with Crippen LogP contribution in [-0.2, 0) is 4.79 Å². The Bertz CT molecular complexity index is 487. The van der Waals surface area contributed by atoms with Crippen molar-refractivity contribution in [2.24, 2.45) is 5.92 Å². The first kappa shape index (κ1) is 15.5. The summed E-state index contributed by atoms with van der Waals surface area (Å²) in [5.74, 6) is 0.520. The zero-order valence-electron chi connectivity index (χ0n) is 11.9. The molecule has 0 spiro atoms. The predicted octanol–water partition coefficient (Wildman–Crippen LogP) is 2.40. The van der Waals surface area contributed by atoms with Crippen LogP contribution in [0.2, 0.25) is 0 Å². The Hall–Kier alpha value is -0.910. The third-order valence-corrected chi connectivity index (χ3v) is 4.53. The maximum Gasteiger partial charge on any atom is 0.238 e. The number of nitrogens with one attached hydrogen (secondary N) is 1. The molecule has 4 nitrogen and oxygen atoms in total. The Labute approximate surface area is 128 Å². The van der Waals surface area contributed by atoms with Gasteiger partial charge in [-0.05, 0) is 56.5 Å². The summed E-state index contributed by atoms with van der Waals surface area (Å²) in [6.07, 6.45) is 1.59. The van der Waals surface area contributed by atoms with Crippen LogP contribution in [0.15, 0.2) is 22.7 Å². The van der Waals surface area contributed by atoms with Crippen LogP contribution in [0.3, 0.4) is 0 Å². The Balaban J connectivity index is 1.78. The van der Waals surface area contributed by atoms with Crippen molar-refractivity contribution in [3.05, 3.63) is 28.2 Å². The highest BCUT2D eigenvalue weighted by atomic mass is 79.9. The van der Waals surface area contributed by atoms with E-state index in [-0.39, 0.29) is 12.0 Å². The molecule has 5 heteroatoms. The van der Waals surface area contributed by atoms with Gasteiger partial charge in [0.1, 0.15) is 0 Å². The highest BCUT2D eigenvalue weighted by Gasteiger charge is 2.28. The molecule has 2 N–H and O–H groups in total. The summed E-state index contributed by atoms with van der Waals surface area (Å²) in [5, 5.41) is 12.2. The van der Waals surface area contributed by atoms with Crippen LogP contribution in [0, 0.1) is 12.8 Å². The fourth-order valence-electron chi connectivity index (χ4n) is 2.52. The molecule has 1 aromatic carbocycles. The third-order valence-electron chi connectivity index (χ3n) is 3.64. The monoisotopic (exact) mass is 340 g/mol. The second-order valence-corrected chi connectivity index (χ2v) is 6.55. The number of aryl methyl sites for hydroxylation is 1. The first-order valence-electron chi connectivity index (χ1n) is 6.86. The number of anilines is 1. The molecular weight excluding hydrogens is 320 g/mol. The van der Waals surface area contributed by atoms with Crippen molar-refractivity contribution < 1.29 is 9.90 Å². The fraction of sp³-hybridized carbons (Fsp3) is 0.533. The fourth-order valence-corrected chi connectivity index (χ4v) is 2.77. The standard InChI is InChI=1S/C15H21BrN2O2/c1-10-5-12(3-4-14(10)16)17-15(20)9-18(2)8-11-6-13(19)7-11/h3-5,11,13,19H,6-9H2,1-2H3,(H,17,20). The summed E-state index contributed by atoms with van der Waals surface area (Å²) in [7, 11) is 1.94. The van der Waals surface area contributed by atoms with Crippen LogP contribution >= 0.6 is 15.9 Å². The summed E-state index contributed by atoms with van der Waals surface area (Å²) >= 11 is 3.44. The summed E-state index contributed by atoms with van der Waals surface area (Å²) in [5.41, 5.74) is 1.92. The van der Waals surface area contributed by atoms with Gasteiger partial charge in [0.2, 0.25) is 5.91 Å². The van der Waals surface area contributed by atoms with E-state index in [1.54, 1.807) is 0 Å². The molecule has 0 aromatic heterocycles. The van der Waals surface area contributed by atoms with Crippen LogP contribution in [-0.4, -0.2) is 42.2 Å². The number of benzene rings is 1. The molecular formula is C15H21BrN2O2. The minimum absolute atomic E-state index is 0.00547. The van der Waals surface area contributed by atoms with Gasteiger partial charge < -0.3 is 10.4 Å².